The Balaban J connectivity index is 2.04. The van der Waals surface area contributed by atoms with Crippen LogP contribution in [0.3, 0.4) is 0 Å². The highest BCUT2D eigenvalue weighted by atomic mass is 32.2. The largest absolute Gasteiger partial charge is 0.461 e. The van der Waals surface area contributed by atoms with E-state index in [1.807, 2.05) is 0 Å². The zero-order chi connectivity index (χ0) is 14.8. The van der Waals surface area contributed by atoms with Crippen molar-refractivity contribution in [1.29, 1.82) is 0 Å². The third kappa shape index (κ3) is 3.19. The summed E-state index contributed by atoms with van der Waals surface area (Å²) >= 11 is 0. The number of benzene rings is 1. The number of hydrogen-bond donors (Lipinski definition) is 0. The van der Waals surface area contributed by atoms with Gasteiger partial charge in [0.15, 0.2) is 0 Å². The lowest BCUT2D eigenvalue weighted by Crippen LogP contribution is -2.24. The van der Waals surface area contributed by atoms with E-state index in [1.165, 1.54) is 20.2 Å². The average Bonchev–Trinajstić information content (AvgIpc) is 2.34. The van der Waals surface area contributed by atoms with Crippen LogP contribution in [0.5, 0.6) is 0 Å². The molecule has 1 aliphatic carbocycles. The molecule has 0 bridgehead atoms. The number of carbonyl (C=O) groups is 1. The van der Waals surface area contributed by atoms with Gasteiger partial charge in [-0.2, -0.15) is 0 Å². The van der Waals surface area contributed by atoms with Gasteiger partial charge in [0.25, 0.3) is 0 Å². The Bertz CT molecular complexity index is 591. The number of rotatable bonds is 5. The second kappa shape index (κ2) is 5.93. The molecular weight excluding hydrogens is 278 g/mol. The quantitative estimate of drug-likeness (QED) is 0.777. The summed E-state index contributed by atoms with van der Waals surface area (Å²) in [6, 6.07) is 6.49. The molecule has 0 spiro atoms. The molecule has 0 unspecified atom stereocenters. The molecule has 0 aliphatic heterocycles. The Morgan fingerprint density at radius 1 is 1.35 bits per heavy atom. The minimum atomic E-state index is -3.45. The Hall–Kier alpha value is -1.40. The predicted octanol–water partition coefficient (Wildman–Crippen LogP) is 1.78. The van der Waals surface area contributed by atoms with E-state index in [-0.39, 0.29) is 23.4 Å². The van der Waals surface area contributed by atoms with Crippen molar-refractivity contribution in [2.24, 2.45) is 5.92 Å². The van der Waals surface area contributed by atoms with Crippen LogP contribution in [-0.2, 0) is 26.2 Å². The van der Waals surface area contributed by atoms with Crippen molar-refractivity contribution in [2.45, 2.75) is 30.8 Å². The van der Waals surface area contributed by atoms with Crippen molar-refractivity contribution in [3.8, 4) is 0 Å². The zero-order valence-electron chi connectivity index (χ0n) is 11.7. The van der Waals surface area contributed by atoms with Crippen LogP contribution < -0.4 is 0 Å². The van der Waals surface area contributed by atoms with Crippen LogP contribution in [0.15, 0.2) is 29.2 Å². The smallest absolute Gasteiger partial charge is 0.309 e. The first-order chi connectivity index (χ1) is 9.41. The fourth-order valence-corrected chi connectivity index (χ4v) is 2.90. The SMILES string of the molecule is CN(C)S(=O)(=O)c1cccc(COC(=O)C2CCC2)c1. The molecule has 5 nitrogen and oxygen atoms in total. The van der Waals surface area contributed by atoms with Crippen molar-refractivity contribution < 1.29 is 17.9 Å². The number of esters is 1. The predicted molar refractivity (Wildman–Crippen MR) is 74.5 cm³/mol. The molecule has 1 saturated carbocycles. The molecule has 0 saturated heterocycles. The van der Waals surface area contributed by atoms with Gasteiger partial charge < -0.3 is 4.74 Å². The second-order valence-electron chi connectivity index (χ2n) is 5.17. The Morgan fingerprint density at radius 3 is 2.60 bits per heavy atom. The summed E-state index contributed by atoms with van der Waals surface area (Å²) in [7, 11) is -0.485. The topological polar surface area (TPSA) is 63.7 Å². The molecule has 20 heavy (non-hydrogen) atoms. The molecule has 0 N–H and O–H groups in total. The van der Waals surface area contributed by atoms with Gasteiger partial charge in [-0.05, 0) is 30.5 Å². The maximum Gasteiger partial charge on any atom is 0.309 e. The molecule has 0 atom stereocenters. The summed E-state index contributed by atoms with van der Waals surface area (Å²) < 4.78 is 30.4. The molecule has 0 radical (unpaired) electrons. The monoisotopic (exact) mass is 297 g/mol. The third-order valence-corrected chi connectivity index (χ3v) is 5.31. The minimum absolute atomic E-state index is 0.0312. The highest BCUT2D eigenvalue weighted by molar-refractivity contribution is 7.89. The molecular formula is C14H19NO4S. The van der Waals surface area contributed by atoms with Crippen molar-refractivity contribution >= 4 is 16.0 Å². The summed E-state index contributed by atoms with van der Waals surface area (Å²) in [6.45, 7) is 0.117. The van der Waals surface area contributed by atoms with Gasteiger partial charge in [-0.25, -0.2) is 12.7 Å². The van der Waals surface area contributed by atoms with Gasteiger partial charge in [0.05, 0.1) is 10.8 Å². The van der Waals surface area contributed by atoms with Gasteiger partial charge in [-0.15, -0.1) is 0 Å². The first-order valence-corrected chi connectivity index (χ1v) is 8.03. The Morgan fingerprint density at radius 2 is 2.05 bits per heavy atom. The molecule has 1 aliphatic rings. The summed E-state index contributed by atoms with van der Waals surface area (Å²) in [5.74, 6) is -0.152. The van der Waals surface area contributed by atoms with Crippen molar-refractivity contribution in [3.63, 3.8) is 0 Å². The molecule has 1 aromatic carbocycles. The standard InChI is InChI=1S/C14H19NO4S/c1-15(2)20(17,18)13-8-3-5-11(9-13)10-19-14(16)12-6-4-7-12/h3,5,8-9,12H,4,6-7,10H2,1-2H3. The van der Waals surface area contributed by atoms with Crippen LogP contribution >= 0.6 is 0 Å². The number of sulfonamides is 1. The van der Waals surface area contributed by atoms with Crippen LogP contribution in [0.25, 0.3) is 0 Å². The average molecular weight is 297 g/mol. The Kier molecular flexibility index (Phi) is 4.45. The van der Waals surface area contributed by atoms with Gasteiger partial charge in [-0.1, -0.05) is 18.6 Å². The van der Waals surface area contributed by atoms with Gasteiger partial charge in [-0.3, -0.25) is 4.79 Å². The Labute approximate surface area is 119 Å². The van der Waals surface area contributed by atoms with Crippen molar-refractivity contribution in [2.75, 3.05) is 14.1 Å². The van der Waals surface area contributed by atoms with Gasteiger partial charge in [0.1, 0.15) is 6.61 Å². The molecule has 6 heteroatoms. The summed E-state index contributed by atoms with van der Waals surface area (Å²) in [5, 5.41) is 0. The molecule has 0 aromatic heterocycles. The van der Waals surface area contributed by atoms with E-state index in [2.05, 4.69) is 0 Å². The van der Waals surface area contributed by atoms with Crippen LogP contribution in [0.1, 0.15) is 24.8 Å². The van der Waals surface area contributed by atoms with E-state index >= 15 is 0 Å². The highest BCUT2D eigenvalue weighted by Gasteiger charge is 2.26. The van der Waals surface area contributed by atoms with E-state index in [4.69, 9.17) is 4.74 Å². The summed E-state index contributed by atoms with van der Waals surface area (Å²) in [6.07, 6.45) is 2.87. The fraction of sp³-hybridized carbons (Fsp3) is 0.500. The van der Waals surface area contributed by atoms with E-state index in [0.717, 1.165) is 23.6 Å². The van der Waals surface area contributed by atoms with Crippen LogP contribution in [-0.4, -0.2) is 32.8 Å². The van der Waals surface area contributed by atoms with Crippen LogP contribution in [0, 0.1) is 5.92 Å². The zero-order valence-corrected chi connectivity index (χ0v) is 12.5. The first-order valence-electron chi connectivity index (χ1n) is 6.59. The van der Waals surface area contributed by atoms with Crippen molar-refractivity contribution in [3.05, 3.63) is 29.8 Å². The minimum Gasteiger partial charge on any atom is -0.461 e. The summed E-state index contributed by atoms with van der Waals surface area (Å²) in [5.41, 5.74) is 0.681. The third-order valence-electron chi connectivity index (χ3n) is 3.50. The van der Waals surface area contributed by atoms with Crippen LogP contribution in [0.2, 0.25) is 0 Å². The highest BCUT2D eigenvalue weighted by Crippen LogP contribution is 2.27. The first kappa shape index (κ1) is 15.0. The lowest BCUT2D eigenvalue weighted by Gasteiger charge is -2.23. The van der Waals surface area contributed by atoms with Gasteiger partial charge in [0.2, 0.25) is 10.0 Å². The number of hydrogen-bond acceptors (Lipinski definition) is 4. The van der Waals surface area contributed by atoms with E-state index in [0.29, 0.717) is 5.56 Å². The normalized spacial score (nSPS) is 15.9. The van der Waals surface area contributed by atoms with Gasteiger partial charge >= 0.3 is 5.97 Å². The lowest BCUT2D eigenvalue weighted by atomic mass is 9.86. The molecule has 2 rings (SSSR count). The molecule has 1 aromatic rings. The second-order valence-corrected chi connectivity index (χ2v) is 7.32. The number of ether oxygens (including phenoxy) is 1. The van der Waals surface area contributed by atoms with Crippen molar-refractivity contribution in [1.82, 2.24) is 4.31 Å². The maximum absolute atomic E-state index is 12.0. The molecule has 1 fully saturated rings. The van der Waals surface area contributed by atoms with E-state index in [1.54, 1.807) is 18.2 Å². The molecule has 0 heterocycles. The van der Waals surface area contributed by atoms with Gasteiger partial charge in [0, 0.05) is 14.1 Å². The lowest BCUT2D eigenvalue weighted by molar-refractivity contribution is -0.152. The fourth-order valence-electron chi connectivity index (χ4n) is 1.92. The maximum atomic E-state index is 12.0. The number of carbonyl (C=O) groups excluding carboxylic acids is 1. The van der Waals surface area contributed by atoms with E-state index < -0.39 is 10.0 Å². The molecule has 0 amide bonds. The van der Waals surface area contributed by atoms with Crippen LogP contribution in [0.4, 0.5) is 0 Å². The number of nitrogens with zero attached hydrogens (tertiary/aromatic N) is 1. The summed E-state index contributed by atoms with van der Waals surface area (Å²) in [4.78, 5) is 11.8. The van der Waals surface area contributed by atoms with E-state index in [9.17, 15) is 13.2 Å². The molecule has 110 valence electrons.